The number of amides is 1. The van der Waals surface area contributed by atoms with Crippen molar-refractivity contribution in [2.75, 3.05) is 25.1 Å². The number of carbonyl (C=O) groups is 1. The van der Waals surface area contributed by atoms with Gasteiger partial charge in [0, 0.05) is 13.1 Å². The minimum atomic E-state index is 0.0914. The molecule has 1 aliphatic rings. The summed E-state index contributed by atoms with van der Waals surface area (Å²) >= 11 is 5.28. The standard InChI is InChI=1S/C10H18BrNOS/c1-14-8-4-2-3-6-12-7-5-9(11)10(12)13/h9H,2-8H2,1H3. The molecule has 0 N–H and O–H groups in total. The summed E-state index contributed by atoms with van der Waals surface area (Å²) in [6, 6.07) is 0. The Balaban J connectivity index is 2.04. The first-order chi connectivity index (χ1) is 6.75. The Labute approximate surface area is 98.9 Å². The van der Waals surface area contributed by atoms with E-state index in [0.29, 0.717) is 0 Å². The predicted octanol–water partition coefficient (Wildman–Crippen LogP) is 2.52. The number of hydrogen-bond acceptors (Lipinski definition) is 2. The molecule has 82 valence electrons. The summed E-state index contributed by atoms with van der Waals surface area (Å²) in [6.07, 6.45) is 6.80. The molecule has 0 radical (unpaired) electrons. The van der Waals surface area contributed by atoms with Crippen molar-refractivity contribution >= 4 is 33.6 Å². The molecule has 0 aliphatic carbocycles. The van der Waals surface area contributed by atoms with Gasteiger partial charge in [0.25, 0.3) is 0 Å². The van der Waals surface area contributed by atoms with Crippen LogP contribution in [-0.4, -0.2) is 40.7 Å². The predicted molar refractivity (Wildman–Crippen MR) is 66.1 cm³/mol. The number of alkyl halides is 1. The van der Waals surface area contributed by atoms with Gasteiger partial charge in [0.05, 0.1) is 4.83 Å². The van der Waals surface area contributed by atoms with Crippen LogP contribution in [0.4, 0.5) is 0 Å². The fourth-order valence-corrected chi connectivity index (χ4v) is 2.64. The van der Waals surface area contributed by atoms with Gasteiger partial charge in [0.1, 0.15) is 0 Å². The Morgan fingerprint density at radius 2 is 2.29 bits per heavy atom. The Morgan fingerprint density at radius 1 is 1.50 bits per heavy atom. The zero-order valence-corrected chi connectivity index (χ0v) is 11.1. The van der Waals surface area contributed by atoms with Gasteiger partial charge >= 0.3 is 0 Å². The normalized spacial score (nSPS) is 22.0. The summed E-state index contributed by atoms with van der Waals surface area (Å²) in [7, 11) is 0. The monoisotopic (exact) mass is 279 g/mol. The van der Waals surface area contributed by atoms with Gasteiger partial charge < -0.3 is 4.90 Å². The van der Waals surface area contributed by atoms with Crippen LogP contribution in [0, 0.1) is 0 Å². The molecule has 1 aliphatic heterocycles. The molecule has 0 aromatic rings. The van der Waals surface area contributed by atoms with Crippen LogP contribution in [0.1, 0.15) is 25.7 Å². The van der Waals surface area contributed by atoms with Crippen molar-refractivity contribution in [1.82, 2.24) is 4.90 Å². The topological polar surface area (TPSA) is 20.3 Å². The van der Waals surface area contributed by atoms with Crippen molar-refractivity contribution in [2.24, 2.45) is 0 Å². The Kier molecular flexibility index (Phi) is 5.94. The number of unbranched alkanes of at least 4 members (excludes halogenated alkanes) is 2. The number of likely N-dealkylation sites (tertiary alicyclic amines) is 1. The molecule has 2 nitrogen and oxygen atoms in total. The SMILES string of the molecule is CSCCCCCN1CCC(Br)C1=O. The lowest BCUT2D eigenvalue weighted by Crippen LogP contribution is -2.28. The van der Waals surface area contributed by atoms with Gasteiger partial charge in [0.2, 0.25) is 5.91 Å². The van der Waals surface area contributed by atoms with Crippen molar-refractivity contribution in [1.29, 1.82) is 0 Å². The summed E-state index contributed by atoms with van der Waals surface area (Å²) in [4.78, 5) is 13.6. The van der Waals surface area contributed by atoms with Gasteiger partial charge in [-0.2, -0.15) is 11.8 Å². The van der Waals surface area contributed by atoms with E-state index < -0.39 is 0 Å². The molecule has 1 heterocycles. The molecule has 0 bridgehead atoms. The minimum Gasteiger partial charge on any atom is -0.342 e. The molecule has 14 heavy (non-hydrogen) atoms. The number of carbonyl (C=O) groups excluding carboxylic acids is 1. The Hall–Kier alpha value is 0.300. The molecule has 1 atom stereocenters. The highest BCUT2D eigenvalue weighted by molar-refractivity contribution is 9.10. The number of nitrogens with zero attached hydrogens (tertiary/aromatic N) is 1. The summed E-state index contributed by atoms with van der Waals surface area (Å²) in [5.41, 5.74) is 0. The summed E-state index contributed by atoms with van der Waals surface area (Å²) < 4.78 is 0. The maximum absolute atomic E-state index is 11.5. The lowest BCUT2D eigenvalue weighted by Gasteiger charge is -2.15. The first-order valence-corrected chi connectivity index (χ1v) is 7.48. The number of rotatable bonds is 6. The van der Waals surface area contributed by atoms with E-state index in [4.69, 9.17) is 0 Å². The third-order valence-electron chi connectivity index (χ3n) is 2.51. The molecule has 1 amide bonds. The first kappa shape index (κ1) is 12.4. The van der Waals surface area contributed by atoms with Gasteiger partial charge in [-0.3, -0.25) is 4.79 Å². The van der Waals surface area contributed by atoms with Gasteiger partial charge in [-0.1, -0.05) is 22.4 Å². The minimum absolute atomic E-state index is 0.0914. The molecule has 0 saturated carbocycles. The van der Waals surface area contributed by atoms with Gasteiger partial charge in [0.15, 0.2) is 0 Å². The van der Waals surface area contributed by atoms with Crippen LogP contribution in [0.3, 0.4) is 0 Å². The van der Waals surface area contributed by atoms with E-state index in [-0.39, 0.29) is 10.7 Å². The fraction of sp³-hybridized carbons (Fsp3) is 0.900. The average molecular weight is 280 g/mol. The Morgan fingerprint density at radius 3 is 2.86 bits per heavy atom. The van der Waals surface area contributed by atoms with Gasteiger partial charge in [-0.25, -0.2) is 0 Å². The molecule has 1 saturated heterocycles. The molecule has 0 spiro atoms. The van der Waals surface area contributed by atoms with Crippen LogP contribution in [0.15, 0.2) is 0 Å². The molecular weight excluding hydrogens is 262 g/mol. The summed E-state index contributed by atoms with van der Waals surface area (Å²) in [5, 5.41) is 0. The maximum Gasteiger partial charge on any atom is 0.236 e. The fourth-order valence-electron chi connectivity index (χ4n) is 1.65. The Bertz CT molecular complexity index is 189. The molecule has 1 unspecified atom stereocenters. The van der Waals surface area contributed by atoms with Crippen molar-refractivity contribution in [3.63, 3.8) is 0 Å². The lowest BCUT2D eigenvalue weighted by atomic mass is 10.2. The first-order valence-electron chi connectivity index (χ1n) is 5.17. The van der Waals surface area contributed by atoms with E-state index in [1.54, 1.807) is 0 Å². The molecule has 0 aromatic carbocycles. The van der Waals surface area contributed by atoms with Crippen molar-refractivity contribution in [3.8, 4) is 0 Å². The molecular formula is C10H18BrNOS. The highest BCUT2D eigenvalue weighted by Gasteiger charge is 2.28. The zero-order chi connectivity index (χ0) is 10.4. The number of hydrogen-bond donors (Lipinski definition) is 0. The van der Waals surface area contributed by atoms with Crippen LogP contribution in [-0.2, 0) is 4.79 Å². The second-order valence-electron chi connectivity index (χ2n) is 3.63. The summed E-state index contributed by atoms with van der Waals surface area (Å²) in [6.45, 7) is 1.90. The second kappa shape index (κ2) is 6.72. The van der Waals surface area contributed by atoms with Crippen LogP contribution in [0.2, 0.25) is 0 Å². The van der Waals surface area contributed by atoms with E-state index in [0.717, 1.165) is 25.9 Å². The quantitative estimate of drug-likeness (QED) is 0.550. The van der Waals surface area contributed by atoms with Crippen LogP contribution in [0.5, 0.6) is 0 Å². The van der Waals surface area contributed by atoms with Crippen LogP contribution >= 0.6 is 27.7 Å². The third kappa shape index (κ3) is 3.81. The van der Waals surface area contributed by atoms with Gasteiger partial charge in [-0.05, 0) is 31.3 Å². The average Bonchev–Trinajstić information content (AvgIpc) is 2.49. The number of halogens is 1. The number of thioether (sulfide) groups is 1. The zero-order valence-electron chi connectivity index (χ0n) is 8.67. The van der Waals surface area contributed by atoms with Crippen molar-refractivity contribution in [3.05, 3.63) is 0 Å². The largest absolute Gasteiger partial charge is 0.342 e. The highest BCUT2D eigenvalue weighted by Crippen LogP contribution is 2.18. The summed E-state index contributed by atoms with van der Waals surface area (Å²) in [5.74, 6) is 1.53. The van der Waals surface area contributed by atoms with Crippen molar-refractivity contribution in [2.45, 2.75) is 30.5 Å². The van der Waals surface area contributed by atoms with E-state index in [1.807, 2.05) is 16.7 Å². The second-order valence-corrected chi connectivity index (χ2v) is 5.73. The molecule has 1 fully saturated rings. The van der Waals surface area contributed by atoms with Crippen LogP contribution < -0.4 is 0 Å². The highest BCUT2D eigenvalue weighted by atomic mass is 79.9. The smallest absolute Gasteiger partial charge is 0.236 e. The van der Waals surface area contributed by atoms with E-state index >= 15 is 0 Å². The molecule has 1 rings (SSSR count). The van der Waals surface area contributed by atoms with E-state index in [9.17, 15) is 4.79 Å². The molecule has 4 heteroatoms. The van der Waals surface area contributed by atoms with Crippen LogP contribution in [0.25, 0.3) is 0 Å². The van der Waals surface area contributed by atoms with Crippen molar-refractivity contribution < 1.29 is 4.79 Å². The maximum atomic E-state index is 11.5. The van der Waals surface area contributed by atoms with E-state index in [1.165, 1.54) is 18.6 Å². The third-order valence-corrected chi connectivity index (χ3v) is 4.06. The lowest BCUT2D eigenvalue weighted by molar-refractivity contribution is -0.127. The molecule has 0 aromatic heterocycles. The van der Waals surface area contributed by atoms with E-state index in [2.05, 4.69) is 22.2 Å². The van der Waals surface area contributed by atoms with Gasteiger partial charge in [-0.15, -0.1) is 0 Å².